The fourth-order valence-corrected chi connectivity index (χ4v) is 1.33. The highest BCUT2D eigenvalue weighted by molar-refractivity contribution is 6.68. The van der Waals surface area contributed by atoms with Gasteiger partial charge in [-0.05, 0) is 6.07 Å². The van der Waals surface area contributed by atoms with Crippen molar-refractivity contribution in [1.82, 2.24) is 0 Å². The van der Waals surface area contributed by atoms with Crippen LogP contribution in [0.1, 0.15) is 5.56 Å². The van der Waals surface area contributed by atoms with Gasteiger partial charge in [0.25, 0.3) is 0 Å². The first kappa shape index (κ1) is 11.1. The Labute approximate surface area is 97.5 Å². The fraction of sp³-hybridized carbons (Fsp3) is 0.100. The minimum atomic E-state index is -0.0822. The Balaban J connectivity index is 2.20. The number of nitrogens with two attached hydrogens (primary N) is 2. The number of hydrazone groups is 1. The average Bonchev–Trinajstić information content (AvgIpc) is 2.67. The number of para-hydroxylation sites is 1. The van der Waals surface area contributed by atoms with E-state index in [1.54, 1.807) is 12.1 Å². The molecule has 0 aliphatic carbocycles. The lowest BCUT2D eigenvalue weighted by Gasteiger charge is -2.06. The van der Waals surface area contributed by atoms with Crippen LogP contribution in [-0.4, -0.2) is 22.5 Å². The molecule has 17 heavy (non-hydrogen) atoms. The predicted molar refractivity (Wildman–Crippen MR) is 66.7 cm³/mol. The number of nitrogens with zero attached hydrogens (tertiary/aromatic N) is 3. The minimum Gasteiger partial charge on any atom is -0.392 e. The van der Waals surface area contributed by atoms with Gasteiger partial charge in [0.1, 0.15) is 0 Å². The smallest absolute Gasteiger partial charge is 0.177 e. The molecule has 0 amide bonds. The van der Waals surface area contributed by atoms with Gasteiger partial charge in [-0.3, -0.25) is 5.43 Å². The Morgan fingerprint density at radius 3 is 2.47 bits per heavy atom. The molecular weight excluding hydrogens is 220 g/mol. The Morgan fingerprint density at radius 1 is 1.18 bits per heavy atom. The van der Waals surface area contributed by atoms with Crippen molar-refractivity contribution in [2.75, 3.05) is 5.43 Å². The van der Waals surface area contributed by atoms with Crippen LogP contribution in [0.3, 0.4) is 0 Å². The number of hydrogen-bond donors (Lipinski definition) is 4. The molecule has 1 aliphatic heterocycles. The lowest BCUT2D eigenvalue weighted by molar-refractivity contribution is 0.282. The molecule has 1 aromatic rings. The summed E-state index contributed by atoms with van der Waals surface area (Å²) in [6, 6.07) is 7.22. The Bertz CT molecular complexity index is 499. The molecular formula is C10H12N6O. The van der Waals surface area contributed by atoms with Crippen LogP contribution in [0.5, 0.6) is 0 Å². The summed E-state index contributed by atoms with van der Waals surface area (Å²) < 4.78 is 0. The summed E-state index contributed by atoms with van der Waals surface area (Å²) in [7, 11) is 0. The summed E-state index contributed by atoms with van der Waals surface area (Å²) in [5.41, 5.74) is 15.6. The van der Waals surface area contributed by atoms with Gasteiger partial charge in [0, 0.05) is 5.56 Å². The van der Waals surface area contributed by atoms with E-state index in [2.05, 4.69) is 20.7 Å². The van der Waals surface area contributed by atoms with E-state index >= 15 is 0 Å². The molecule has 0 fully saturated rings. The zero-order valence-electron chi connectivity index (χ0n) is 8.96. The molecule has 0 aromatic heterocycles. The third-order valence-corrected chi connectivity index (χ3v) is 2.23. The molecule has 0 saturated carbocycles. The number of aliphatic hydroxyl groups excluding tert-OH is 1. The first-order chi connectivity index (χ1) is 8.22. The van der Waals surface area contributed by atoms with E-state index in [4.69, 9.17) is 16.6 Å². The predicted octanol–water partition coefficient (Wildman–Crippen LogP) is -0.410. The van der Waals surface area contributed by atoms with Crippen molar-refractivity contribution < 1.29 is 5.11 Å². The number of anilines is 1. The Hall–Kier alpha value is -2.41. The van der Waals surface area contributed by atoms with Gasteiger partial charge in [0.2, 0.25) is 0 Å². The van der Waals surface area contributed by atoms with Crippen LogP contribution in [0.25, 0.3) is 0 Å². The maximum absolute atomic E-state index is 9.13. The number of hydrogen-bond acceptors (Lipinski definition) is 7. The standard InChI is InChI=1S/C10H12N6O/c11-9-8(10(12)16-15-9)14-13-7-4-2-1-3-6(7)5-17/h1-4,13,17H,5H2,(H4,11,12,14,15,16). The normalized spacial score (nSPS) is 14.3. The quantitative estimate of drug-likeness (QED) is 0.529. The van der Waals surface area contributed by atoms with Gasteiger partial charge in [0.05, 0.1) is 12.3 Å². The molecule has 0 atom stereocenters. The van der Waals surface area contributed by atoms with Crippen LogP contribution in [0.4, 0.5) is 5.69 Å². The second-order valence-corrected chi connectivity index (χ2v) is 3.36. The summed E-state index contributed by atoms with van der Waals surface area (Å²) >= 11 is 0. The summed E-state index contributed by atoms with van der Waals surface area (Å²) in [6.07, 6.45) is 0. The molecule has 1 aliphatic rings. The second-order valence-electron chi connectivity index (χ2n) is 3.36. The van der Waals surface area contributed by atoms with E-state index < -0.39 is 0 Å². The van der Waals surface area contributed by atoms with Crippen LogP contribution >= 0.6 is 0 Å². The van der Waals surface area contributed by atoms with Crippen LogP contribution in [0.15, 0.2) is 39.6 Å². The number of aliphatic hydroxyl groups is 1. The van der Waals surface area contributed by atoms with Crippen molar-refractivity contribution in [2.24, 2.45) is 26.8 Å². The number of benzene rings is 1. The zero-order valence-corrected chi connectivity index (χ0v) is 8.96. The second kappa shape index (κ2) is 4.62. The van der Waals surface area contributed by atoms with Crippen molar-refractivity contribution in [1.29, 1.82) is 0 Å². The van der Waals surface area contributed by atoms with Crippen molar-refractivity contribution in [3.8, 4) is 0 Å². The highest BCUT2D eigenvalue weighted by atomic mass is 16.3. The SMILES string of the molecule is NC1=NN=C(N)C1=NNc1ccccc1CO. The van der Waals surface area contributed by atoms with E-state index in [1.807, 2.05) is 12.1 Å². The molecule has 6 N–H and O–H groups in total. The number of amidine groups is 2. The minimum absolute atomic E-state index is 0.0822. The van der Waals surface area contributed by atoms with Gasteiger partial charge in [-0.2, -0.15) is 5.10 Å². The third-order valence-electron chi connectivity index (χ3n) is 2.23. The zero-order chi connectivity index (χ0) is 12.3. The topological polar surface area (TPSA) is 121 Å². The van der Waals surface area contributed by atoms with E-state index in [0.29, 0.717) is 11.4 Å². The number of rotatable bonds is 3. The van der Waals surface area contributed by atoms with E-state index in [-0.39, 0.29) is 18.3 Å². The molecule has 0 radical (unpaired) electrons. The molecule has 0 bridgehead atoms. The monoisotopic (exact) mass is 232 g/mol. The van der Waals surface area contributed by atoms with Gasteiger partial charge < -0.3 is 16.6 Å². The molecule has 0 saturated heterocycles. The summed E-state index contributed by atoms with van der Waals surface area (Å²) in [5, 5.41) is 20.3. The van der Waals surface area contributed by atoms with Crippen LogP contribution in [0.2, 0.25) is 0 Å². The van der Waals surface area contributed by atoms with Gasteiger partial charge in [-0.1, -0.05) is 18.2 Å². The molecule has 0 spiro atoms. The van der Waals surface area contributed by atoms with Crippen LogP contribution in [-0.2, 0) is 6.61 Å². The van der Waals surface area contributed by atoms with Crippen molar-refractivity contribution >= 4 is 23.1 Å². The van der Waals surface area contributed by atoms with Crippen LogP contribution < -0.4 is 16.9 Å². The maximum atomic E-state index is 9.13. The first-order valence-corrected chi connectivity index (χ1v) is 4.92. The first-order valence-electron chi connectivity index (χ1n) is 4.92. The molecule has 0 unspecified atom stereocenters. The third kappa shape index (κ3) is 2.23. The Kier molecular flexibility index (Phi) is 3.01. The van der Waals surface area contributed by atoms with Crippen molar-refractivity contribution in [2.45, 2.75) is 6.61 Å². The van der Waals surface area contributed by atoms with Crippen molar-refractivity contribution in [3.63, 3.8) is 0 Å². The molecule has 88 valence electrons. The average molecular weight is 232 g/mol. The number of nitrogens with one attached hydrogen (secondary N) is 1. The summed E-state index contributed by atoms with van der Waals surface area (Å²) in [4.78, 5) is 0. The summed E-state index contributed by atoms with van der Waals surface area (Å²) in [5.74, 6) is 0.327. The molecule has 7 heteroatoms. The van der Waals surface area contributed by atoms with Gasteiger partial charge in [-0.25, -0.2) is 0 Å². The molecule has 2 rings (SSSR count). The lowest BCUT2D eigenvalue weighted by Crippen LogP contribution is -2.32. The highest BCUT2D eigenvalue weighted by Gasteiger charge is 2.16. The highest BCUT2D eigenvalue weighted by Crippen LogP contribution is 2.14. The van der Waals surface area contributed by atoms with Crippen molar-refractivity contribution in [3.05, 3.63) is 29.8 Å². The lowest BCUT2D eigenvalue weighted by atomic mass is 10.2. The largest absolute Gasteiger partial charge is 0.392 e. The van der Waals surface area contributed by atoms with E-state index in [0.717, 1.165) is 5.56 Å². The molecule has 1 aromatic carbocycles. The van der Waals surface area contributed by atoms with Gasteiger partial charge in [0.15, 0.2) is 17.4 Å². The Morgan fingerprint density at radius 2 is 1.82 bits per heavy atom. The fourth-order valence-electron chi connectivity index (χ4n) is 1.33. The maximum Gasteiger partial charge on any atom is 0.177 e. The van der Waals surface area contributed by atoms with Crippen LogP contribution in [0, 0.1) is 0 Å². The molecule has 7 nitrogen and oxygen atoms in total. The summed E-state index contributed by atoms with van der Waals surface area (Å²) in [6.45, 7) is -0.0822. The van der Waals surface area contributed by atoms with E-state index in [1.165, 1.54) is 0 Å². The van der Waals surface area contributed by atoms with Gasteiger partial charge >= 0.3 is 0 Å². The van der Waals surface area contributed by atoms with Gasteiger partial charge in [-0.15, -0.1) is 10.2 Å². The van der Waals surface area contributed by atoms with E-state index in [9.17, 15) is 0 Å². The molecule has 1 heterocycles.